The van der Waals surface area contributed by atoms with Crippen molar-refractivity contribution in [3.63, 3.8) is 0 Å². The van der Waals surface area contributed by atoms with Crippen molar-refractivity contribution in [2.24, 2.45) is 7.05 Å². The van der Waals surface area contributed by atoms with Crippen molar-refractivity contribution in [1.82, 2.24) is 24.5 Å². The lowest BCUT2D eigenvalue weighted by atomic mass is 10.4. The molecule has 0 bridgehead atoms. The standard InChI is InChI=1S/C17H15N5O3S/c1-21-8-12(7-19-21)16-20-13(11-26-16)10-24-17(23)15-4-3-14(25-15)9-22-6-2-5-18-22/h2-8,11H,9-10H2,1H3. The van der Waals surface area contributed by atoms with Crippen LogP contribution in [0.3, 0.4) is 0 Å². The van der Waals surface area contributed by atoms with Crippen LogP contribution in [0.1, 0.15) is 22.0 Å². The van der Waals surface area contributed by atoms with E-state index in [2.05, 4.69) is 15.2 Å². The summed E-state index contributed by atoms with van der Waals surface area (Å²) in [4.78, 5) is 16.6. The van der Waals surface area contributed by atoms with Crippen molar-refractivity contribution < 1.29 is 13.9 Å². The van der Waals surface area contributed by atoms with Crippen molar-refractivity contribution in [2.45, 2.75) is 13.2 Å². The van der Waals surface area contributed by atoms with E-state index in [1.807, 2.05) is 30.9 Å². The molecule has 9 heteroatoms. The summed E-state index contributed by atoms with van der Waals surface area (Å²) in [5.74, 6) is 0.274. The third kappa shape index (κ3) is 3.57. The third-order valence-electron chi connectivity index (χ3n) is 3.59. The summed E-state index contributed by atoms with van der Waals surface area (Å²) in [6.45, 7) is 0.547. The maximum atomic E-state index is 12.1. The molecule has 4 aromatic rings. The van der Waals surface area contributed by atoms with Gasteiger partial charge in [-0.15, -0.1) is 11.3 Å². The number of ether oxygens (including phenoxy) is 1. The van der Waals surface area contributed by atoms with E-state index in [1.165, 1.54) is 11.3 Å². The second-order valence-electron chi connectivity index (χ2n) is 5.59. The van der Waals surface area contributed by atoms with Crippen molar-refractivity contribution in [3.05, 3.63) is 65.6 Å². The first kappa shape index (κ1) is 16.3. The molecule has 0 saturated heterocycles. The van der Waals surface area contributed by atoms with E-state index in [9.17, 15) is 4.79 Å². The van der Waals surface area contributed by atoms with Crippen LogP contribution in [0.4, 0.5) is 0 Å². The van der Waals surface area contributed by atoms with Crippen molar-refractivity contribution >= 4 is 17.3 Å². The molecule has 0 saturated carbocycles. The predicted octanol–water partition coefficient (Wildman–Crippen LogP) is 2.74. The van der Waals surface area contributed by atoms with Crippen LogP contribution in [0.2, 0.25) is 0 Å². The lowest BCUT2D eigenvalue weighted by Gasteiger charge is -2.00. The number of nitrogens with zero attached hydrogens (tertiary/aromatic N) is 5. The minimum absolute atomic E-state index is 0.0881. The normalized spacial score (nSPS) is 11.0. The summed E-state index contributed by atoms with van der Waals surface area (Å²) >= 11 is 1.48. The highest BCUT2D eigenvalue weighted by molar-refractivity contribution is 7.13. The fraction of sp³-hybridized carbons (Fsp3) is 0.176. The van der Waals surface area contributed by atoms with Crippen LogP contribution >= 0.6 is 11.3 Å². The zero-order valence-electron chi connectivity index (χ0n) is 13.9. The topological polar surface area (TPSA) is 88.0 Å². The van der Waals surface area contributed by atoms with Crippen LogP contribution in [0, 0.1) is 0 Å². The van der Waals surface area contributed by atoms with E-state index in [0.29, 0.717) is 18.0 Å². The van der Waals surface area contributed by atoms with Crippen molar-refractivity contribution in [3.8, 4) is 10.6 Å². The molecule has 0 aliphatic heterocycles. The molecule has 0 amide bonds. The predicted molar refractivity (Wildman–Crippen MR) is 93.5 cm³/mol. The first-order valence-electron chi connectivity index (χ1n) is 7.84. The average Bonchev–Trinajstić information content (AvgIpc) is 3.41. The summed E-state index contributed by atoms with van der Waals surface area (Å²) in [7, 11) is 1.85. The largest absolute Gasteiger partial charge is 0.453 e. The summed E-state index contributed by atoms with van der Waals surface area (Å²) < 4.78 is 14.2. The molecule has 0 atom stereocenters. The zero-order valence-corrected chi connectivity index (χ0v) is 14.7. The molecule has 8 nitrogen and oxygen atoms in total. The molecule has 0 aliphatic carbocycles. The molecule has 132 valence electrons. The fourth-order valence-electron chi connectivity index (χ4n) is 2.37. The Hall–Kier alpha value is -3.20. The lowest BCUT2D eigenvalue weighted by molar-refractivity contribution is 0.0429. The van der Waals surface area contributed by atoms with Gasteiger partial charge < -0.3 is 9.15 Å². The van der Waals surface area contributed by atoms with Gasteiger partial charge in [-0.25, -0.2) is 9.78 Å². The Morgan fingerprint density at radius 1 is 1.35 bits per heavy atom. The van der Waals surface area contributed by atoms with Gasteiger partial charge in [-0.2, -0.15) is 10.2 Å². The van der Waals surface area contributed by atoms with E-state index in [0.717, 1.165) is 10.6 Å². The van der Waals surface area contributed by atoms with Gasteiger partial charge in [0.05, 0.1) is 18.4 Å². The van der Waals surface area contributed by atoms with E-state index in [1.54, 1.807) is 33.9 Å². The molecular formula is C17H15N5O3S. The number of thiazole rings is 1. The highest BCUT2D eigenvalue weighted by Gasteiger charge is 2.14. The summed E-state index contributed by atoms with van der Waals surface area (Å²) in [6, 6.07) is 5.16. The Kier molecular flexibility index (Phi) is 4.36. The first-order chi connectivity index (χ1) is 12.7. The molecule has 26 heavy (non-hydrogen) atoms. The number of hydrogen-bond donors (Lipinski definition) is 0. The van der Waals surface area contributed by atoms with Gasteiger partial charge in [-0.05, 0) is 18.2 Å². The Morgan fingerprint density at radius 2 is 2.27 bits per heavy atom. The Balaban J connectivity index is 1.35. The van der Waals surface area contributed by atoms with Gasteiger partial charge in [0, 0.05) is 36.6 Å². The Morgan fingerprint density at radius 3 is 3.04 bits per heavy atom. The van der Waals surface area contributed by atoms with Gasteiger partial charge in [0.15, 0.2) is 0 Å². The first-order valence-corrected chi connectivity index (χ1v) is 8.72. The molecule has 4 rings (SSSR count). The molecule has 0 unspecified atom stereocenters. The monoisotopic (exact) mass is 369 g/mol. The molecule has 0 radical (unpaired) electrons. The molecule has 4 aromatic heterocycles. The van der Waals surface area contributed by atoms with Crippen molar-refractivity contribution in [1.29, 1.82) is 0 Å². The van der Waals surface area contributed by atoms with E-state index >= 15 is 0 Å². The lowest BCUT2D eigenvalue weighted by Crippen LogP contribution is -2.04. The van der Waals surface area contributed by atoms with Gasteiger partial charge in [0.2, 0.25) is 5.76 Å². The van der Waals surface area contributed by atoms with Gasteiger partial charge in [0.25, 0.3) is 0 Å². The number of esters is 1. The van der Waals surface area contributed by atoms with Crippen LogP contribution in [0.15, 0.2) is 52.8 Å². The number of aromatic nitrogens is 5. The van der Waals surface area contributed by atoms with Crippen LogP contribution < -0.4 is 0 Å². The number of hydrogen-bond acceptors (Lipinski definition) is 7. The minimum atomic E-state index is -0.521. The van der Waals surface area contributed by atoms with Crippen molar-refractivity contribution in [2.75, 3.05) is 0 Å². The molecule has 0 aliphatic rings. The van der Waals surface area contributed by atoms with E-state index in [4.69, 9.17) is 9.15 Å². The number of furan rings is 1. The summed E-state index contributed by atoms with van der Waals surface area (Å²) in [5, 5.41) is 10.9. The smallest absolute Gasteiger partial charge is 0.374 e. The van der Waals surface area contributed by atoms with Gasteiger partial charge in [-0.1, -0.05) is 0 Å². The van der Waals surface area contributed by atoms with E-state index in [-0.39, 0.29) is 12.4 Å². The van der Waals surface area contributed by atoms with Crippen LogP contribution in [0.25, 0.3) is 10.6 Å². The molecule has 0 spiro atoms. The highest BCUT2D eigenvalue weighted by atomic mass is 32.1. The van der Waals surface area contributed by atoms with Gasteiger partial charge >= 0.3 is 5.97 Å². The molecular weight excluding hydrogens is 354 g/mol. The number of rotatable bonds is 6. The summed E-state index contributed by atoms with van der Waals surface area (Å²) in [6.07, 6.45) is 7.14. The van der Waals surface area contributed by atoms with Gasteiger partial charge in [0.1, 0.15) is 17.4 Å². The number of carbonyl (C=O) groups is 1. The number of aryl methyl sites for hydroxylation is 1. The second kappa shape index (κ2) is 6.96. The fourth-order valence-corrected chi connectivity index (χ4v) is 3.15. The molecule has 4 heterocycles. The SMILES string of the molecule is Cn1cc(-c2nc(COC(=O)c3ccc(Cn4cccn4)o3)cs2)cn1. The summed E-state index contributed by atoms with van der Waals surface area (Å²) in [5.41, 5.74) is 1.62. The van der Waals surface area contributed by atoms with Crippen LogP contribution in [-0.4, -0.2) is 30.5 Å². The second-order valence-corrected chi connectivity index (χ2v) is 6.45. The minimum Gasteiger partial charge on any atom is -0.453 e. The Labute approximate surface area is 152 Å². The zero-order chi connectivity index (χ0) is 17.9. The number of carbonyl (C=O) groups excluding carboxylic acids is 1. The molecule has 0 aromatic carbocycles. The van der Waals surface area contributed by atoms with Crippen LogP contribution in [-0.2, 0) is 24.9 Å². The molecule has 0 N–H and O–H groups in total. The third-order valence-corrected chi connectivity index (χ3v) is 4.53. The molecule has 0 fully saturated rings. The van der Waals surface area contributed by atoms with Gasteiger partial charge in [-0.3, -0.25) is 9.36 Å². The van der Waals surface area contributed by atoms with Crippen LogP contribution in [0.5, 0.6) is 0 Å². The van der Waals surface area contributed by atoms with E-state index < -0.39 is 5.97 Å². The average molecular weight is 369 g/mol. The quantitative estimate of drug-likeness (QED) is 0.486. The maximum absolute atomic E-state index is 12.1. The Bertz CT molecular complexity index is 1010. The maximum Gasteiger partial charge on any atom is 0.374 e. The highest BCUT2D eigenvalue weighted by Crippen LogP contribution is 2.23.